The minimum Gasteiger partial charge on any atom is -0.143 e. The molecule has 2 nitrogen and oxygen atoms in total. The van der Waals surface area contributed by atoms with E-state index in [0.717, 1.165) is 25.7 Å². The molecule has 0 amide bonds. The summed E-state index contributed by atoms with van der Waals surface area (Å²) in [4.78, 5) is 0. The highest BCUT2D eigenvalue weighted by atomic mass is 31.1. The summed E-state index contributed by atoms with van der Waals surface area (Å²) in [7, 11) is -1.45. The number of hydrogen-bond donors (Lipinski definition) is 0. The van der Waals surface area contributed by atoms with Gasteiger partial charge in [-0.3, -0.25) is 0 Å². The Balaban J connectivity index is 1.62. The molecule has 0 heterocycles. The van der Waals surface area contributed by atoms with Crippen LogP contribution in [0.5, 0.6) is 0 Å². The molecule has 98 valence electrons. The molecule has 1 saturated carbocycles. The smallest absolute Gasteiger partial charge is 0.143 e. The van der Waals surface area contributed by atoms with Gasteiger partial charge in [-0.2, -0.15) is 0 Å². The highest BCUT2D eigenvalue weighted by Gasteiger charge is 2.25. The quantitative estimate of drug-likeness (QED) is 0.696. The number of hydrogen-bond acceptors (Lipinski definition) is 2. The average molecular weight is 265 g/mol. The Morgan fingerprint density at radius 1 is 1.11 bits per heavy atom. The molecule has 1 aromatic carbocycles. The molecule has 1 aliphatic rings. The van der Waals surface area contributed by atoms with Gasteiger partial charge in [-0.25, -0.2) is 0 Å². The first-order valence-corrected chi connectivity index (χ1v) is 8.36. The molecule has 0 radical (unpaired) electrons. The number of rotatable bonds is 6. The largest absolute Gasteiger partial charge is 0.508 e. The number of benzene rings is 1. The Kier molecular flexibility index (Phi) is 5.83. The highest BCUT2D eigenvalue weighted by Crippen LogP contribution is 2.32. The Hall–Kier alpha value is -0.720. The molecule has 1 aromatic rings. The van der Waals surface area contributed by atoms with E-state index in [2.05, 4.69) is 12.1 Å². The van der Waals surface area contributed by atoms with Crippen LogP contribution in [0.3, 0.4) is 0 Å². The molecule has 1 fully saturated rings. The van der Waals surface area contributed by atoms with Crippen LogP contribution in [0.25, 0.3) is 0 Å². The lowest BCUT2D eigenvalue weighted by atomic mass is 9.98. The summed E-state index contributed by atoms with van der Waals surface area (Å²) in [6.07, 6.45) is 8.88. The van der Waals surface area contributed by atoms with Gasteiger partial charge in [0.15, 0.2) is 6.16 Å². The van der Waals surface area contributed by atoms with Crippen molar-refractivity contribution in [2.24, 2.45) is 0 Å². The van der Waals surface area contributed by atoms with E-state index in [1.165, 1.54) is 24.8 Å². The zero-order valence-electron chi connectivity index (χ0n) is 10.9. The normalized spacial score (nSPS) is 17.7. The van der Waals surface area contributed by atoms with E-state index in [0.29, 0.717) is 6.16 Å². The summed E-state index contributed by atoms with van der Waals surface area (Å²) in [5, 5.41) is 0. The van der Waals surface area contributed by atoms with Gasteiger partial charge < -0.3 is 0 Å². The second-order valence-electron chi connectivity index (χ2n) is 5.01. The van der Waals surface area contributed by atoms with E-state index in [9.17, 15) is 4.57 Å². The lowest BCUT2D eigenvalue weighted by Crippen LogP contribution is -2.13. The van der Waals surface area contributed by atoms with Crippen molar-refractivity contribution in [1.82, 2.24) is 0 Å². The molecule has 0 aromatic heterocycles. The van der Waals surface area contributed by atoms with Crippen LogP contribution in [0, 0.1) is 0 Å². The lowest BCUT2D eigenvalue weighted by molar-refractivity contribution is 0.165. The standard InChI is InChI=1S/C15H22O2P/c16-18(17-15-11-5-2-6-12-15)13-7-10-14-8-3-1-4-9-14/h1,3-4,8-9,15H,2,5-7,10-13H2/q+1. The SMILES string of the molecule is O=[P+](CCCc1ccccc1)OC1CCCCC1. The minimum absolute atomic E-state index is 0.263. The van der Waals surface area contributed by atoms with Crippen molar-refractivity contribution < 1.29 is 9.09 Å². The summed E-state index contributed by atoms with van der Waals surface area (Å²) in [5.74, 6) is 0. The Morgan fingerprint density at radius 2 is 1.83 bits per heavy atom. The van der Waals surface area contributed by atoms with E-state index in [1.54, 1.807) is 0 Å². The van der Waals surface area contributed by atoms with Crippen LogP contribution in [0.1, 0.15) is 44.1 Å². The van der Waals surface area contributed by atoms with Gasteiger partial charge in [-0.1, -0.05) is 49.6 Å². The van der Waals surface area contributed by atoms with Crippen LogP contribution >= 0.6 is 8.03 Å². The van der Waals surface area contributed by atoms with Gasteiger partial charge in [0.1, 0.15) is 6.10 Å². The third kappa shape index (κ3) is 4.88. The Bertz CT molecular complexity index is 358. The zero-order valence-corrected chi connectivity index (χ0v) is 11.8. The van der Waals surface area contributed by atoms with Crippen molar-refractivity contribution in [2.45, 2.75) is 51.0 Å². The maximum absolute atomic E-state index is 11.8. The summed E-state index contributed by atoms with van der Waals surface area (Å²) in [6, 6.07) is 10.4. The summed E-state index contributed by atoms with van der Waals surface area (Å²) >= 11 is 0. The molecule has 18 heavy (non-hydrogen) atoms. The predicted octanol–water partition coefficient (Wildman–Crippen LogP) is 4.71. The predicted molar refractivity (Wildman–Crippen MR) is 75.2 cm³/mol. The van der Waals surface area contributed by atoms with Crippen LogP contribution in [0.2, 0.25) is 0 Å². The van der Waals surface area contributed by atoms with Crippen molar-refractivity contribution in [1.29, 1.82) is 0 Å². The first-order valence-electron chi connectivity index (χ1n) is 7.00. The second kappa shape index (κ2) is 7.66. The van der Waals surface area contributed by atoms with Crippen molar-refractivity contribution in [3.8, 4) is 0 Å². The Labute approximate surface area is 111 Å². The molecule has 0 aliphatic heterocycles. The van der Waals surface area contributed by atoms with Crippen LogP contribution in [-0.4, -0.2) is 12.3 Å². The molecular formula is C15H22O2P+. The summed E-state index contributed by atoms with van der Waals surface area (Å²) in [6.45, 7) is 0. The molecule has 1 atom stereocenters. The Morgan fingerprint density at radius 3 is 2.56 bits per heavy atom. The van der Waals surface area contributed by atoms with Crippen LogP contribution < -0.4 is 0 Å². The first-order chi connectivity index (χ1) is 8.84. The average Bonchev–Trinajstić information content (AvgIpc) is 2.41. The first kappa shape index (κ1) is 13.7. The third-order valence-corrected chi connectivity index (χ3v) is 4.68. The van der Waals surface area contributed by atoms with Crippen LogP contribution in [-0.2, 0) is 15.5 Å². The second-order valence-corrected chi connectivity index (χ2v) is 6.33. The lowest BCUT2D eigenvalue weighted by Gasteiger charge is -2.15. The molecule has 0 spiro atoms. The van der Waals surface area contributed by atoms with Gasteiger partial charge in [0.2, 0.25) is 0 Å². The summed E-state index contributed by atoms with van der Waals surface area (Å²) in [5.41, 5.74) is 1.32. The van der Waals surface area contributed by atoms with E-state index in [-0.39, 0.29) is 6.10 Å². The van der Waals surface area contributed by atoms with Gasteiger partial charge in [0.25, 0.3) is 0 Å². The van der Waals surface area contributed by atoms with Gasteiger partial charge >= 0.3 is 8.03 Å². The van der Waals surface area contributed by atoms with Gasteiger partial charge in [0.05, 0.1) is 0 Å². The van der Waals surface area contributed by atoms with Crippen molar-refractivity contribution in [3.63, 3.8) is 0 Å². The van der Waals surface area contributed by atoms with Crippen molar-refractivity contribution >= 4 is 8.03 Å². The molecule has 0 saturated heterocycles. The van der Waals surface area contributed by atoms with E-state index in [4.69, 9.17) is 4.52 Å². The maximum atomic E-state index is 11.8. The molecular weight excluding hydrogens is 243 g/mol. The topological polar surface area (TPSA) is 26.3 Å². The molecule has 2 rings (SSSR count). The third-order valence-electron chi connectivity index (χ3n) is 3.47. The fourth-order valence-corrected chi connectivity index (χ4v) is 3.51. The molecule has 0 bridgehead atoms. The van der Waals surface area contributed by atoms with E-state index < -0.39 is 8.03 Å². The van der Waals surface area contributed by atoms with E-state index in [1.807, 2.05) is 18.2 Å². The monoisotopic (exact) mass is 265 g/mol. The maximum Gasteiger partial charge on any atom is 0.508 e. The van der Waals surface area contributed by atoms with Crippen LogP contribution in [0.15, 0.2) is 30.3 Å². The molecule has 3 heteroatoms. The van der Waals surface area contributed by atoms with E-state index >= 15 is 0 Å². The number of aryl methyl sites for hydroxylation is 1. The van der Waals surface area contributed by atoms with Crippen LogP contribution in [0.4, 0.5) is 0 Å². The van der Waals surface area contributed by atoms with Gasteiger partial charge in [-0.05, 0) is 35.8 Å². The zero-order chi connectivity index (χ0) is 12.6. The molecule has 1 aliphatic carbocycles. The summed E-state index contributed by atoms with van der Waals surface area (Å²) < 4.78 is 17.5. The fraction of sp³-hybridized carbons (Fsp3) is 0.600. The van der Waals surface area contributed by atoms with Crippen molar-refractivity contribution in [2.75, 3.05) is 6.16 Å². The molecule has 1 unspecified atom stereocenters. The van der Waals surface area contributed by atoms with Gasteiger partial charge in [-0.15, -0.1) is 4.52 Å². The minimum atomic E-state index is -1.45. The van der Waals surface area contributed by atoms with Gasteiger partial charge in [0, 0.05) is 0 Å². The fourth-order valence-electron chi connectivity index (χ4n) is 2.45. The highest BCUT2D eigenvalue weighted by molar-refractivity contribution is 7.39. The van der Waals surface area contributed by atoms with Crippen molar-refractivity contribution in [3.05, 3.63) is 35.9 Å². The molecule has 0 N–H and O–H groups in total.